The molecule has 102 valence electrons. The molecule has 0 aliphatic rings. The molecule has 3 heteroatoms. The van der Waals surface area contributed by atoms with Crippen LogP contribution < -0.4 is 5.73 Å². The average molecular weight is 257 g/mol. The Morgan fingerprint density at radius 3 is 2.53 bits per heavy atom. The monoisotopic (exact) mass is 257 g/mol. The first-order valence-corrected chi connectivity index (χ1v) is 7.11. The molecule has 1 aromatic heterocycles. The van der Waals surface area contributed by atoms with Gasteiger partial charge in [0.1, 0.15) is 0 Å². The lowest BCUT2D eigenvalue weighted by Crippen LogP contribution is -2.32. The number of hydrogen-bond acceptors (Lipinski definition) is 2. The van der Waals surface area contributed by atoms with Gasteiger partial charge in [-0.25, -0.2) is 0 Å². The van der Waals surface area contributed by atoms with Crippen LogP contribution in [0.2, 0.25) is 0 Å². The van der Waals surface area contributed by atoms with Crippen molar-refractivity contribution in [3.63, 3.8) is 0 Å². The molecule has 0 saturated heterocycles. The molecule has 0 bridgehead atoms. The van der Waals surface area contributed by atoms with Crippen LogP contribution in [0.4, 0.5) is 0 Å². The normalized spacial score (nSPS) is 14.3. The summed E-state index contributed by atoms with van der Waals surface area (Å²) < 4.78 is 2.03. The molecule has 2 N–H and O–H groups in total. The highest BCUT2D eigenvalue weighted by Gasteiger charge is 2.18. The minimum Gasteiger partial charge on any atom is -0.326 e. The van der Waals surface area contributed by atoms with Gasteiger partial charge in [-0.05, 0) is 18.4 Å². The lowest BCUT2D eigenvalue weighted by atomic mass is 10.0. The average Bonchev–Trinajstić information content (AvgIpc) is 2.90. The van der Waals surface area contributed by atoms with E-state index in [2.05, 4.69) is 37.3 Å². The number of nitrogens with zero attached hydrogens (tertiary/aromatic N) is 2. The van der Waals surface area contributed by atoms with E-state index in [1.807, 2.05) is 29.1 Å². The lowest BCUT2D eigenvalue weighted by Gasteiger charge is -2.22. The summed E-state index contributed by atoms with van der Waals surface area (Å²) in [7, 11) is 0. The van der Waals surface area contributed by atoms with Crippen LogP contribution in [0.5, 0.6) is 0 Å². The summed E-state index contributed by atoms with van der Waals surface area (Å²) >= 11 is 0. The van der Waals surface area contributed by atoms with E-state index >= 15 is 0 Å². The van der Waals surface area contributed by atoms with Crippen LogP contribution in [0, 0.1) is 0 Å². The first-order valence-electron chi connectivity index (χ1n) is 7.11. The Bertz CT molecular complexity index is 490. The van der Waals surface area contributed by atoms with Crippen molar-refractivity contribution in [2.45, 2.75) is 45.2 Å². The summed E-state index contributed by atoms with van der Waals surface area (Å²) in [6.45, 7) is 4.34. The summed E-state index contributed by atoms with van der Waals surface area (Å²) in [5.41, 5.74) is 8.61. The minimum atomic E-state index is 0.179. The van der Waals surface area contributed by atoms with Crippen molar-refractivity contribution in [1.82, 2.24) is 9.78 Å². The molecular formula is C16H23N3. The molecule has 0 aliphatic carbocycles. The Morgan fingerprint density at radius 2 is 1.89 bits per heavy atom. The van der Waals surface area contributed by atoms with E-state index in [0.29, 0.717) is 0 Å². The largest absolute Gasteiger partial charge is 0.326 e. The van der Waals surface area contributed by atoms with Crippen molar-refractivity contribution in [2.75, 3.05) is 0 Å². The molecule has 2 aromatic rings. The van der Waals surface area contributed by atoms with Gasteiger partial charge in [0.2, 0.25) is 0 Å². The second-order valence-corrected chi connectivity index (χ2v) is 5.00. The van der Waals surface area contributed by atoms with Crippen LogP contribution >= 0.6 is 0 Å². The van der Waals surface area contributed by atoms with Crippen molar-refractivity contribution < 1.29 is 0 Å². The summed E-state index contributed by atoms with van der Waals surface area (Å²) in [4.78, 5) is 0. The smallest absolute Gasteiger partial charge is 0.0667 e. The molecule has 2 unspecified atom stereocenters. The van der Waals surface area contributed by atoms with Crippen LogP contribution in [0.15, 0.2) is 42.7 Å². The Balaban J connectivity index is 2.20. The Labute approximate surface area is 115 Å². The predicted octanol–water partition coefficient (Wildman–Crippen LogP) is 3.63. The van der Waals surface area contributed by atoms with Crippen LogP contribution in [0.3, 0.4) is 0 Å². The highest BCUT2D eigenvalue weighted by atomic mass is 15.3. The van der Waals surface area contributed by atoms with Gasteiger partial charge in [-0.1, -0.05) is 50.6 Å². The third-order valence-corrected chi connectivity index (χ3v) is 3.58. The summed E-state index contributed by atoms with van der Waals surface area (Å²) in [5, 5.41) is 4.50. The topological polar surface area (TPSA) is 43.8 Å². The molecule has 0 radical (unpaired) electrons. The first kappa shape index (κ1) is 13.8. The Morgan fingerprint density at radius 1 is 1.16 bits per heavy atom. The van der Waals surface area contributed by atoms with E-state index < -0.39 is 0 Å². The van der Waals surface area contributed by atoms with Gasteiger partial charge < -0.3 is 5.73 Å². The van der Waals surface area contributed by atoms with E-state index in [-0.39, 0.29) is 12.1 Å². The van der Waals surface area contributed by atoms with Crippen LogP contribution in [-0.4, -0.2) is 15.8 Å². The zero-order chi connectivity index (χ0) is 13.7. The van der Waals surface area contributed by atoms with Crippen LogP contribution in [0.1, 0.15) is 39.2 Å². The predicted molar refractivity (Wildman–Crippen MR) is 79.9 cm³/mol. The van der Waals surface area contributed by atoms with Crippen molar-refractivity contribution in [3.05, 3.63) is 42.7 Å². The number of aromatic nitrogens is 2. The zero-order valence-electron chi connectivity index (χ0n) is 11.8. The first-order chi connectivity index (χ1) is 9.26. The van der Waals surface area contributed by atoms with Crippen LogP contribution in [-0.2, 0) is 0 Å². The van der Waals surface area contributed by atoms with Crippen molar-refractivity contribution >= 4 is 0 Å². The van der Waals surface area contributed by atoms with E-state index in [1.165, 1.54) is 5.56 Å². The maximum Gasteiger partial charge on any atom is 0.0667 e. The van der Waals surface area contributed by atoms with Gasteiger partial charge in [0.15, 0.2) is 0 Å². The fourth-order valence-electron chi connectivity index (χ4n) is 2.51. The molecule has 19 heavy (non-hydrogen) atoms. The number of nitrogens with two attached hydrogens (primary N) is 1. The molecule has 1 aromatic carbocycles. The molecule has 0 spiro atoms. The fourth-order valence-corrected chi connectivity index (χ4v) is 2.51. The SMILES string of the molecule is CCCC(N)C(CC)n1cc(-c2ccccc2)cn1. The van der Waals surface area contributed by atoms with Gasteiger partial charge in [0, 0.05) is 17.8 Å². The van der Waals surface area contributed by atoms with Gasteiger partial charge >= 0.3 is 0 Å². The fraction of sp³-hybridized carbons (Fsp3) is 0.438. The van der Waals surface area contributed by atoms with E-state index in [1.54, 1.807) is 0 Å². The molecule has 1 heterocycles. The van der Waals surface area contributed by atoms with Crippen molar-refractivity contribution in [1.29, 1.82) is 0 Å². The van der Waals surface area contributed by atoms with Gasteiger partial charge in [0.25, 0.3) is 0 Å². The molecule has 2 atom stereocenters. The Kier molecular flexibility index (Phi) is 4.74. The summed E-state index contributed by atoms with van der Waals surface area (Å²) in [5.74, 6) is 0. The van der Waals surface area contributed by atoms with E-state index in [9.17, 15) is 0 Å². The molecule has 0 amide bonds. The van der Waals surface area contributed by atoms with Crippen molar-refractivity contribution in [3.8, 4) is 11.1 Å². The quantitative estimate of drug-likeness (QED) is 0.858. The zero-order valence-corrected chi connectivity index (χ0v) is 11.8. The van der Waals surface area contributed by atoms with Gasteiger partial charge in [-0.3, -0.25) is 4.68 Å². The molecule has 2 rings (SSSR count). The molecule has 0 fully saturated rings. The lowest BCUT2D eigenvalue weighted by molar-refractivity contribution is 0.350. The van der Waals surface area contributed by atoms with Gasteiger partial charge in [-0.15, -0.1) is 0 Å². The molecule has 0 aliphatic heterocycles. The number of benzene rings is 1. The third kappa shape index (κ3) is 3.24. The molecule has 0 saturated carbocycles. The van der Waals surface area contributed by atoms with Gasteiger partial charge in [0.05, 0.1) is 12.2 Å². The van der Waals surface area contributed by atoms with E-state index in [0.717, 1.165) is 24.8 Å². The maximum absolute atomic E-state index is 6.26. The number of rotatable bonds is 6. The van der Waals surface area contributed by atoms with E-state index in [4.69, 9.17) is 5.73 Å². The summed E-state index contributed by atoms with van der Waals surface area (Å²) in [6.07, 6.45) is 7.20. The second kappa shape index (κ2) is 6.53. The van der Waals surface area contributed by atoms with Crippen LogP contribution in [0.25, 0.3) is 11.1 Å². The second-order valence-electron chi connectivity index (χ2n) is 5.00. The number of hydrogen-bond donors (Lipinski definition) is 1. The minimum absolute atomic E-state index is 0.179. The molecular weight excluding hydrogens is 234 g/mol. The highest BCUT2D eigenvalue weighted by molar-refractivity contribution is 5.61. The van der Waals surface area contributed by atoms with Crippen molar-refractivity contribution in [2.24, 2.45) is 5.73 Å². The highest BCUT2D eigenvalue weighted by Crippen LogP contribution is 2.23. The summed E-state index contributed by atoms with van der Waals surface area (Å²) in [6, 6.07) is 10.8. The molecule has 3 nitrogen and oxygen atoms in total. The Hall–Kier alpha value is -1.61. The maximum atomic E-state index is 6.26. The third-order valence-electron chi connectivity index (χ3n) is 3.58. The standard InChI is InChI=1S/C16H23N3/c1-3-8-15(17)16(4-2)19-12-14(11-18-19)13-9-6-5-7-10-13/h5-7,9-12,15-16H,3-4,8,17H2,1-2H3. The van der Waals surface area contributed by atoms with Gasteiger partial charge in [-0.2, -0.15) is 5.10 Å².